The van der Waals surface area contributed by atoms with Gasteiger partial charge in [0.25, 0.3) is 0 Å². The second kappa shape index (κ2) is 3.67. The van der Waals surface area contributed by atoms with E-state index in [0.717, 1.165) is 16.7 Å². The number of furan rings is 1. The highest BCUT2D eigenvalue weighted by molar-refractivity contribution is 6.53. The zero-order chi connectivity index (χ0) is 12.9. The molecule has 0 N–H and O–H groups in total. The van der Waals surface area contributed by atoms with Gasteiger partial charge in [0.2, 0.25) is 11.6 Å². The maximum atomic E-state index is 12.1. The Hall–Kier alpha value is -2.16. The molecular formula is C15H12O3. The maximum Gasteiger partial charge on any atom is 0.237 e. The van der Waals surface area contributed by atoms with Crippen molar-refractivity contribution >= 4 is 11.6 Å². The molecule has 1 heterocycles. The lowest BCUT2D eigenvalue weighted by Crippen LogP contribution is -2.21. The molecule has 0 radical (unpaired) electrons. The summed E-state index contributed by atoms with van der Waals surface area (Å²) in [6.45, 7) is 3.89. The van der Waals surface area contributed by atoms with Gasteiger partial charge in [-0.25, -0.2) is 0 Å². The zero-order valence-corrected chi connectivity index (χ0v) is 10.2. The van der Waals surface area contributed by atoms with Crippen LogP contribution in [0.1, 0.15) is 38.8 Å². The average molecular weight is 240 g/mol. The van der Waals surface area contributed by atoms with Crippen LogP contribution in [0, 0.1) is 6.92 Å². The Balaban J connectivity index is 2.37. The lowest BCUT2D eigenvalue weighted by Gasteiger charge is -2.14. The van der Waals surface area contributed by atoms with Gasteiger partial charge in [-0.3, -0.25) is 9.59 Å². The Morgan fingerprint density at radius 3 is 2.61 bits per heavy atom. The second-order valence-corrected chi connectivity index (χ2v) is 4.53. The van der Waals surface area contributed by atoms with Crippen molar-refractivity contribution < 1.29 is 14.0 Å². The SMILES string of the molecule is CCc1coc2c1C(=O)C(=O)c1ccc(C)cc1-2. The minimum absolute atomic E-state index is 0.436. The van der Waals surface area contributed by atoms with E-state index in [1.807, 2.05) is 26.0 Å². The fourth-order valence-corrected chi connectivity index (χ4v) is 2.38. The standard InChI is InChI=1S/C15H12O3/c1-3-9-7-18-15-11-6-8(2)4-5-10(11)13(16)14(17)12(9)15/h4-7H,3H2,1-2H3. The summed E-state index contributed by atoms with van der Waals surface area (Å²) in [6, 6.07) is 5.42. The van der Waals surface area contributed by atoms with Crippen molar-refractivity contribution in [3.8, 4) is 11.3 Å². The molecule has 3 nitrogen and oxygen atoms in total. The van der Waals surface area contributed by atoms with Gasteiger partial charge in [-0.15, -0.1) is 0 Å². The van der Waals surface area contributed by atoms with Gasteiger partial charge >= 0.3 is 0 Å². The van der Waals surface area contributed by atoms with Crippen molar-refractivity contribution in [2.75, 3.05) is 0 Å². The van der Waals surface area contributed by atoms with Crippen LogP contribution in [0.2, 0.25) is 0 Å². The molecule has 0 spiro atoms. The number of Topliss-reactive ketones (excluding diaryl/α,β-unsaturated/α-hetero) is 2. The molecule has 0 saturated carbocycles. The Labute approximate surface area is 104 Å². The van der Waals surface area contributed by atoms with Gasteiger partial charge in [0.1, 0.15) is 5.76 Å². The number of benzene rings is 1. The summed E-state index contributed by atoms with van der Waals surface area (Å²) in [5.41, 5.74) is 3.46. The van der Waals surface area contributed by atoms with Crippen molar-refractivity contribution in [3.63, 3.8) is 0 Å². The lowest BCUT2D eigenvalue weighted by molar-refractivity contribution is 0.0814. The molecule has 2 aromatic rings. The molecule has 3 heteroatoms. The van der Waals surface area contributed by atoms with Crippen LogP contribution < -0.4 is 0 Å². The summed E-state index contributed by atoms with van der Waals surface area (Å²) in [4.78, 5) is 24.2. The summed E-state index contributed by atoms with van der Waals surface area (Å²) >= 11 is 0. The van der Waals surface area contributed by atoms with Crippen molar-refractivity contribution in [3.05, 3.63) is 46.7 Å². The molecule has 1 aliphatic carbocycles. The van der Waals surface area contributed by atoms with Gasteiger partial charge in [0, 0.05) is 16.7 Å². The van der Waals surface area contributed by atoms with Gasteiger partial charge in [-0.1, -0.05) is 18.6 Å². The molecule has 3 rings (SSSR count). The molecule has 0 fully saturated rings. The van der Waals surface area contributed by atoms with E-state index in [1.165, 1.54) is 0 Å². The van der Waals surface area contributed by atoms with Gasteiger partial charge in [0.05, 0.1) is 11.8 Å². The topological polar surface area (TPSA) is 47.3 Å². The van der Waals surface area contributed by atoms with Crippen LogP contribution in [-0.2, 0) is 6.42 Å². The van der Waals surface area contributed by atoms with E-state index in [0.29, 0.717) is 23.3 Å². The summed E-state index contributed by atoms with van der Waals surface area (Å²) in [5.74, 6) is -0.351. The lowest BCUT2D eigenvalue weighted by atomic mass is 9.86. The third-order valence-electron chi connectivity index (χ3n) is 3.35. The van der Waals surface area contributed by atoms with E-state index in [2.05, 4.69) is 0 Å². The number of hydrogen-bond acceptors (Lipinski definition) is 3. The number of rotatable bonds is 1. The van der Waals surface area contributed by atoms with Crippen LogP contribution in [0.4, 0.5) is 0 Å². The smallest absolute Gasteiger partial charge is 0.237 e. The minimum Gasteiger partial charge on any atom is -0.463 e. The average Bonchev–Trinajstić information content (AvgIpc) is 2.79. The Morgan fingerprint density at radius 2 is 1.89 bits per heavy atom. The Bertz CT molecular complexity index is 677. The van der Waals surface area contributed by atoms with Crippen LogP contribution in [0.25, 0.3) is 11.3 Å². The van der Waals surface area contributed by atoms with Crippen molar-refractivity contribution in [1.82, 2.24) is 0 Å². The Morgan fingerprint density at radius 1 is 1.11 bits per heavy atom. The molecule has 0 amide bonds. The monoisotopic (exact) mass is 240 g/mol. The van der Waals surface area contributed by atoms with Gasteiger partial charge in [0.15, 0.2) is 0 Å². The highest BCUT2D eigenvalue weighted by Crippen LogP contribution is 2.37. The quantitative estimate of drug-likeness (QED) is 0.719. The fraction of sp³-hybridized carbons (Fsp3) is 0.200. The summed E-state index contributed by atoms with van der Waals surface area (Å²) in [6.07, 6.45) is 2.26. The molecule has 0 saturated heterocycles. The first kappa shape index (κ1) is 11.0. The molecule has 0 aliphatic heterocycles. The number of hydrogen-bond donors (Lipinski definition) is 0. The molecule has 0 bridgehead atoms. The molecule has 1 aromatic carbocycles. The number of aryl methyl sites for hydroxylation is 2. The predicted octanol–water partition coefficient (Wildman–Crippen LogP) is 3.20. The molecule has 0 atom stereocenters. The highest BCUT2D eigenvalue weighted by Gasteiger charge is 2.34. The zero-order valence-electron chi connectivity index (χ0n) is 10.2. The van der Waals surface area contributed by atoms with Crippen LogP contribution in [0.3, 0.4) is 0 Å². The first-order valence-corrected chi connectivity index (χ1v) is 5.94. The Kier molecular flexibility index (Phi) is 2.23. The summed E-state index contributed by atoms with van der Waals surface area (Å²) < 4.78 is 5.51. The van der Waals surface area contributed by atoms with Gasteiger partial charge < -0.3 is 4.42 Å². The maximum absolute atomic E-state index is 12.1. The number of carbonyl (C=O) groups excluding carboxylic acids is 2. The van der Waals surface area contributed by atoms with Gasteiger partial charge in [-0.2, -0.15) is 0 Å². The van der Waals surface area contributed by atoms with E-state index in [1.54, 1.807) is 12.3 Å². The first-order valence-electron chi connectivity index (χ1n) is 5.94. The van der Waals surface area contributed by atoms with Crippen molar-refractivity contribution in [1.29, 1.82) is 0 Å². The van der Waals surface area contributed by atoms with E-state index >= 15 is 0 Å². The molecule has 90 valence electrons. The number of carbonyl (C=O) groups is 2. The second-order valence-electron chi connectivity index (χ2n) is 4.53. The summed E-state index contributed by atoms with van der Waals surface area (Å²) in [5, 5.41) is 0. The van der Waals surface area contributed by atoms with E-state index in [4.69, 9.17) is 4.42 Å². The molecule has 1 aliphatic rings. The molecule has 1 aromatic heterocycles. The largest absolute Gasteiger partial charge is 0.463 e. The first-order chi connectivity index (χ1) is 8.63. The fourth-order valence-electron chi connectivity index (χ4n) is 2.38. The van der Waals surface area contributed by atoms with Crippen LogP contribution in [0.5, 0.6) is 0 Å². The normalized spacial score (nSPS) is 13.4. The van der Waals surface area contributed by atoms with E-state index in [-0.39, 0.29) is 0 Å². The third-order valence-corrected chi connectivity index (χ3v) is 3.35. The minimum atomic E-state index is -0.452. The van der Waals surface area contributed by atoms with Crippen LogP contribution in [-0.4, -0.2) is 11.6 Å². The van der Waals surface area contributed by atoms with Crippen molar-refractivity contribution in [2.45, 2.75) is 20.3 Å². The van der Waals surface area contributed by atoms with E-state index in [9.17, 15) is 9.59 Å². The van der Waals surface area contributed by atoms with Crippen LogP contribution >= 0.6 is 0 Å². The van der Waals surface area contributed by atoms with E-state index < -0.39 is 11.6 Å². The molecule has 18 heavy (non-hydrogen) atoms. The third kappa shape index (κ3) is 1.30. The van der Waals surface area contributed by atoms with Gasteiger partial charge in [-0.05, 0) is 25.5 Å². The molecule has 0 unspecified atom stereocenters. The van der Waals surface area contributed by atoms with Crippen molar-refractivity contribution in [2.24, 2.45) is 0 Å². The molecular weight excluding hydrogens is 228 g/mol. The summed E-state index contributed by atoms with van der Waals surface area (Å²) in [7, 11) is 0. The van der Waals surface area contributed by atoms with Crippen LogP contribution in [0.15, 0.2) is 28.9 Å². The predicted molar refractivity (Wildman–Crippen MR) is 66.9 cm³/mol. The highest BCUT2D eigenvalue weighted by atomic mass is 16.3. The number of ketones is 2. The number of fused-ring (bicyclic) bond motifs is 3.